The smallest absolute Gasteiger partial charge is 1.00 e. The molecule has 0 N–H and O–H groups in total. The van der Waals surface area contributed by atoms with Crippen LogP contribution in [0.5, 0.6) is 0 Å². The summed E-state index contributed by atoms with van der Waals surface area (Å²) in [6.45, 7) is 4.38. The summed E-state index contributed by atoms with van der Waals surface area (Å²) in [5.41, 5.74) is 1.42. The van der Waals surface area contributed by atoms with E-state index in [2.05, 4.69) is 37.4 Å². The Kier molecular flexibility index (Phi) is 17.7. The summed E-state index contributed by atoms with van der Waals surface area (Å²) in [6.07, 6.45) is 1.15. The molecule has 0 heterocycles. The van der Waals surface area contributed by atoms with Crippen LogP contribution in [0, 0.1) is 0 Å². The zero-order chi connectivity index (χ0) is 11.9. The van der Waals surface area contributed by atoms with Crippen LogP contribution in [0.2, 0.25) is 19.1 Å². The minimum atomic E-state index is -1.34. The molecule has 0 aliphatic heterocycles. The average Bonchev–Trinajstić information content (AvgIpc) is 2.90. The summed E-state index contributed by atoms with van der Waals surface area (Å²) in [5, 5.41) is 0. The quantitative estimate of drug-likeness (QED) is 0.338. The SMILES string of the molecule is C[Si](C)(Cl)CC[c-]1cccc1.[Cl-].[Cl-].[Zr+4].c1cc[cH-]c1. The molecule has 0 atom stereocenters. The third-order valence-corrected chi connectivity index (χ3v) is 4.30. The fourth-order valence-electron chi connectivity index (χ4n) is 1.34. The molecule has 0 aromatic heterocycles. The summed E-state index contributed by atoms with van der Waals surface area (Å²) in [5.74, 6) is 0. The maximum absolute atomic E-state index is 6.19. The molecule has 0 amide bonds. The Morgan fingerprint density at radius 3 is 1.79 bits per heavy atom. The molecular formula is C14H19Cl3SiZr. The normalized spacial score (nSPS) is 9.00. The van der Waals surface area contributed by atoms with Gasteiger partial charge in [-0.15, -0.1) is 0 Å². The van der Waals surface area contributed by atoms with Gasteiger partial charge in [-0.2, -0.15) is 47.0 Å². The van der Waals surface area contributed by atoms with Gasteiger partial charge in [-0.25, -0.2) is 24.3 Å². The second-order valence-electron chi connectivity index (χ2n) is 4.47. The van der Waals surface area contributed by atoms with Crippen molar-refractivity contribution in [1.29, 1.82) is 0 Å². The van der Waals surface area contributed by atoms with Crippen LogP contribution in [0.25, 0.3) is 0 Å². The zero-order valence-corrected chi connectivity index (χ0v) is 17.0. The molecule has 0 saturated carbocycles. The van der Waals surface area contributed by atoms with Crippen molar-refractivity contribution in [1.82, 2.24) is 0 Å². The molecule has 0 saturated heterocycles. The minimum Gasteiger partial charge on any atom is -1.00 e. The number of hydrogen-bond donors (Lipinski definition) is 0. The predicted octanol–water partition coefficient (Wildman–Crippen LogP) is -1.20. The standard InChI is InChI=1S/C9H14ClSi.C5H5.2ClH.Zr/c1-11(2,10)8-7-9-5-3-4-6-9;1-2-4-5-3-1;;;/h3-6H,7-8H2,1-2H3;1-5H;2*1H;/q2*-1;;;+4/p-2. The van der Waals surface area contributed by atoms with Crippen molar-refractivity contribution in [2.24, 2.45) is 0 Å². The summed E-state index contributed by atoms with van der Waals surface area (Å²) in [7, 11) is -1.34. The van der Waals surface area contributed by atoms with E-state index in [1.165, 1.54) is 11.6 Å². The molecule has 0 spiro atoms. The molecule has 0 unspecified atom stereocenters. The maximum atomic E-state index is 6.19. The zero-order valence-electron chi connectivity index (χ0n) is 11.2. The van der Waals surface area contributed by atoms with Crippen molar-refractivity contribution in [2.75, 3.05) is 0 Å². The molecule has 19 heavy (non-hydrogen) atoms. The van der Waals surface area contributed by atoms with Crippen molar-refractivity contribution in [2.45, 2.75) is 25.6 Å². The Morgan fingerprint density at radius 1 is 1.00 bits per heavy atom. The van der Waals surface area contributed by atoms with Crippen molar-refractivity contribution >= 4 is 18.5 Å². The van der Waals surface area contributed by atoms with E-state index in [-0.39, 0.29) is 51.0 Å². The molecule has 0 aliphatic rings. The van der Waals surface area contributed by atoms with Crippen LogP contribution in [0.3, 0.4) is 0 Å². The topological polar surface area (TPSA) is 0 Å². The first kappa shape index (κ1) is 24.7. The third kappa shape index (κ3) is 14.9. The molecule has 0 radical (unpaired) electrons. The second kappa shape index (κ2) is 13.6. The Morgan fingerprint density at radius 2 is 1.47 bits per heavy atom. The number of aryl methyl sites for hydroxylation is 1. The van der Waals surface area contributed by atoms with E-state index >= 15 is 0 Å². The summed E-state index contributed by atoms with van der Waals surface area (Å²) >= 11 is 6.19. The fourth-order valence-corrected chi connectivity index (χ4v) is 2.51. The first-order valence-corrected chi connectivity index (χ1v) is 9.86. The fraction of sp³-hybridized carbons (Fsp3) is 0.286. The van der Waals surface area contributed by atoms with E-state index in [1.54, 1.807) is 0 Å². The first-order chi connectivity index (χ1) is 7.58. The summed E-state index contributed by atoms with van der Waals surface area (Å²) in [6, 6.07) is 19.7. The van der Waals surface area contributed by atoms with Gasteiger partial charge in [0.25, 0.3) is 0 Å². The van der Waals surface area contributed by atoms with Crippen molar-refractivity contribution in [3.8, 4) is 0 Å². The van der Waals surface area contributed by atoms with Gasteiger partial charge in [0.1, 0.15) is 7.38 Å². The van der Waals surface area contributed by atoms with Crippen LogP contribution in [0.1, 0.15) is 5.56 Å². The van der Waals surface area contributed by atoms with Crippen LogP contribution in [-0.4, -0.2) is 7.38 Å². The van der Waals surface area contributed by atoms with E-state index in [0.717, 1.165) is 6.42 Å². The molecule has 0 bridgehead atoms. The molecule has 0 fully saturated rings. The van der Waals surface area contributed by atoms with E-state index in [1.807, 2.05) is 30.3 Å². The molecule has 0 aliphatic carbocycles. The van der Waals surface area contributed by atoms with Crippen LogP contribution in [0.15, 0.2) is 54.6 Å². The first-order valence-electron chi connectivity index (χ1n) is 5.64. The summed E-state index contributed by atoms with van der Waals surface area (Å²) in [4.78, 5) is 0. The van der Waals surface area contributed by atoms with Crippen molar-refractivity contribution in [3.63, 3.8) is 0 Å². The predicted molar refractivity (Wildman–Crippen MR) is 75.9 cm³/mol. The van der Waals surface area contributed by atoms with Gasteiger partial charge in [-0.1, -0.05) is 25.6 Å². The van der Waals surface area contributed by atoms with E-state index < -0.39 is 7.38 Å². The van der Waals surface area contributed by atoms with Gasteiger partial charge in [0.2, 0.25) is 0 Å². The van der Waals surface area contributed by atoms with E-state index in [9.17, 15) is 0 Å². The van der Waals surface area contributed by atoms with Gasteiger partial charge in [-0.05, 0) is 0 Å². The van der Waals surface area contributed by atoms with E-state index in [0.29, 0.717) is 0 Å². The van der Waals surface area contributed by atoms with Gasteiger partial charge in [0.05, 0.1) is 0 Å². The van der Waals surface area contributed by atoms with Crippen molar-refractivity contribution in [3.05, 3.63) is 60.2 Å². The Hall–Kier alpha value is 0.670. The molecule has 2 aromatic carbocycles. The molecule has 104 valence electrons. The number of rotatable bonds is 3. The maximum Gasteiger partial charge on any atom is 4.00 e. The summed E-state index contributed by atoms with van der Waals surface area (Å²) < 4.78 is 0. The van der Waals surface area contributed by atoms with Crippen LogP contribution in [-0.2, 0) is 32.6 Å². The Bertz CT molecular complexity index is 335. The van der Waals surface area contributed by atoms with Crippen LogP contribution in [0.4, 0.5) is 0 Å². The number of halogens is 3. The molecule has 2 aromatic rings. The monoisotopic (exact) mass is 410 g/mol. The van der Waals surface area contributed by atoms with Gasteiger partial charge >= 0.3 is 26.2 Å². The van der Waals surface area contributed by atoms with Gasteiger partial charge in [0.15, 0.2) is 0 Å². The van der Waals surface area contributed by atoms with Gasteiger partial charge in [-0.3, -0.25) is 0 Å². The molecule has 5 heteroatoms. The average molecular weight is 413 g/mol. The molecular weight excluding hydrogens is 394 g/mol. The molecule has 2 rings (SSSR count). The van der Waals surface area contributed by atoms with Crippen LogP contribution >= 0.6 is 11.1 Å². The van der Waals surface area contributed by atoms with E-state index in [4.69, 9.17) is 11.1 Å². The number of hydrogen-bond acceptors (Lipinski definition) is 0. The second-order valence-corrected chi connectivity index (χ2v) is 11.5. The largest absolute Gasteiger partial charge is 4.00 e. The third-order valence-electron chi connectivity index (χ3n) is 2.30. The van der Waals surface area contributed by atoms with Crippen LogP contribution < -0.4 is 24.8 Å². The Labute approximate surface area is 154 Å². The molecule has 0 nitrogen and oxygen atoms in total. The van der Waals surface area contributed by atoms with Gasteiger partial charge in [0, 0.05) is 0 Å². The van der Waals surface area contributed by atoms with Crippen molar-refractivity contribution < 1.29 is 51.0 Å². The van der Waals surface area contributed by atoms with Gasteiger partial charge < -0.3 is 24.8 Å². The minimum absolute atomic E-state index is 0. The Balaban J connectivity index is -0.000000277.